The largest absolute Gasteiger partial charge is 0.378 e. The number of hydrogen-bond donors (Lipinski definition) is 0. The molecule has 172 valence electrons. The minimum Gasteiger partial charge on any atom is -0.378 e. The normalized spacial score (nSPS) is 20.3. The van der Waals surface area contributed by atoms with Crippen molar-refractivity contribution < 1.29 is 14.3 Å². The third-order valence-electron chi connectivity index (χ3n) is 6.03. The summed E-state index contributed by atoms with van der Waals surface area (Å²) >= 11 is 4.71. The standard InChI is InChI=1S/C21H27N5O3S3/c1-11(2)14-9-13-15(10-29-14)32-18-16(13)17-23-24-21(26(17)20(22-18)30-4)31-12(3)19(27)25-5-7-28-8-6-25/h11-12,14H,5-10H2,1-4H3/t12-,14+/m0/s1. The van der Waals surface area contributed by atoms with Gasteiger partial charge in [-0.1, -0.05) is 37.4 Å². The third kappa shape index (κ3) is 3.91. The predicted octanol–water partition coefficient (Wildman–Crippen LogP) is 3.50. The van der Waals surface area contributed by atoms with Gasteiger partial charge < -0.3 is 14.4 Å². The van der Waals surface area contributed by atoms with Crippen molar-refractivity contribution in [1.82, 2.24) is 24.5 Å². The van der Waals surface area contributed by atoms with Crippen molar-refractivity contribution in [1.29, 1.82) is 0 Å². The van der Waals surface area contributed by atoms with E-state index in [9.17, 15) is 4.79 Å². The number of thiophene rings is 1. The van der Waals surface area contributed by atoms with Gasteiger partial charge in [-0.05, 0) is 24.7 Å². The fourth-order valence-electron chi connectivity index (χ4n) is 4.21. The van der Waals surface area contributed by atoms with Gasteiger partial charge in [-0.3, -0.25) is 4.79 Å². The van der Waals surface area contributed by atoms with Crippen molar-refractivity contribution in [2.24, 2.45) is 5.92 Å². The van der Waals surface area contributed by atoms with Gasteiger partial charge in [0.2, 0.25) is 5.91 Å². The van der Waals surface area contributed by atoms with Gasteiger partial charge in [0.15, 0.2) is 16.0 Å². The fourth-order valence-corrected chi connectivity index (χ4v) is 6.92. The number of carbonyl (C=O) groups excluding carboxylic acids is 1. The second kappa shape index (κ2) is 9.09. The Bertz CT molecular complexity index is 1150. The van der Waals surface area contributed by atoms with Crippen LogP contribution in [0.2, 0.25) is 0 Å². The average molecular weight is 494 g/mol. The Morgan fingerprint density at radius 1 is 1.19 bits per heavy atom. The van der Waals surface area contributed by atoms with Gasteiger partial charge in [0, 0.05) is 24.4 Å². The number of rotatable bonds is 5. The van der Waals surface area contributed by atoms with Crippen LogP contribution in [0, 0.1) is 5.92 Å². The SMILES string of the molecule is CSc1nc2sc3c(c2c2nnc(S[C@@H](C)C(=O)N4CCOCC4)n12)C[C@H](C(C)C)OC3. The molecule has 11 heteroatoms. The van der Waals surface area contributed by atoms with Crippen LogP contribution in [0.15, 0.2) is 10.3 Å². The topological polar surface area (TPSA) is 81.9 Å². The average Bonchev–Trinajstić information content (AvgIpc) is 3.39. The summed E-state index contributed by atoms with van der Waals surface area (Å²) in [7, 11) is 0. The van der Waals surface area contributed by atoms with Gasteiger partial charge in [-0.25, -0.2) is 9.38 Å². The second-order valence-corrected chi connectivity index (χ2v) is 11.6. The maximum atomic E-state index is 12.9. The molecular weight excluding hydrogens is 466 g/mol. The first kappa shape index (κ1) is 22.4. The number of nitrogens with zero attached hydrogens (tertiary/aromatic N) is 5. The molecule has 0 radical (unpaired) electrons. The van der Waals surface area contributed by atoms with Crippen LogP contribution in [0.3, 0.4) is 0 Å². The molecule has 1 saturated heterocycles. The van der Waals surface area contributed by atoms with Crippen LogP contribution in [-0.2, 0) is 27.3 Å². The molecule has 2 atom stereocenters. The first-order chi connectivity index (χ1) is 15.5. The van der Waals surface area contributed by atoms with Crippen LogP contribution in [0.1, 0.15) is 31.2 Å². The summed E-state index contributed by atoms with van der Waals surface area (Å²) in [6.07, 6.45) is 3.07. The highest BCUT2D eigenvalue weighted by Gasteiger charge is 2.30. The van der Waals surface area contributed by atoms with E-state index in [1.54, 1.807) is 23.1 Å². The maximum Gasteiger partial charge on any atom is 0.236 e. The van der Waals surface area contributed by atoms with Crippen LogP contribution < -0.4 is 0 Å². The van der Waals surface area contributed by atoms with Gasteiger partial charge >= 0.3 is 0 Å². The van der Waals surface area contributed by atoms with Crippen molar-refractivity contribution in [3.8, 4) is 0 Å². The quantitative estimate of drug-likeness (QED) is 0.395. The maximum absolute atomic E-state index is 12.9. The molecule has 3 aromatic rings. The van der Waals surface area contributed by atoms with E-state index in [-0.39, 0.29) is 17.3 Å². The van der Waals surface area contributed by atoms with Crippen LogP contribution in [-0.4, -0.2) is 74.3 Å². The number of fused-ring (bicyclic) bond motifs is 5. The van der Waals surface area contributed by atoms with E-state index < -0.39 is 0 Å². The van der Waals surface area contributed by atoms with Crippen LogP contribution in [0.25, 0.3) is 15.9 Å². The predicted molar refractivity (Wildman–Crippen MR) is 128 cm³/mol. The molecule has 0 spiro atoms. The van der Waals surface area contributed by atoms with Crippen molar-refractivity contribution in [2.75, 3.05) is 32.6 Å². The minimum absolute atomic E-state index is 0.111. The Morgan fingerprint density at radius 2 is 1.97 bits per heavy atom. The first-order valence-corrected chi connectivity index (χ1v) is 13.8. The van der Waals surface area contributed by atoms with Crippen molar-refractivity contribution >= 4 is 56.6 Å². The van der Waals surface area contributed by atoms with Crippen LogP contribution >= 0.6 is 34.9 Å². The van der Waals surface area contributed by atoms with Crippen molar-refractivity contribution in [2.45, 2.75) is 55.5 Å². The Balaban J connectivity index is 1.53. The van der Waals surface area contributed by atoms with E-state index in [4.69, 9.17) is 14.5 Å². The first-order valence-electron chi connectivity index (χ1n) is 10.9. The highest BCUT2D eigenvalue weighted by atomic mass is 32.2. The number of carbonyl (C=O) groups is 1. The molecule has 3 aromatic heterocycles. The Labute approximate surface area is 199 Å². The number of hydrogen-bond acceptors (Lipinski definition) is 9. The van der Waals surface area contributed by atoms with E-state index in [2.05, 4.69) is 24.0 Å². The number of amides is 1. The molecule has 32 heavy (non-hydrogen) atoms. The van der Waals surface area contributed by atoms with E-state index in [1.807, 2.05) is 22.5 Å². The lowest BCUT2D eigenvalue weighted by molar-refractivity contribution is -0.134. The molecule has 0 aromatic carbocycles. The van der Waals surface area contributed by atoms with Gasteiger partial charge in [0.1, 0.15) is 4.83 Å². The highest BCUT2D eigenvalue weighted by Crippen LogP contribution is 2.40. The summed E-state index contributed by atoms with van der Waals surface area (Å²) in [5, 5.41) is 11.5. The summed E-state index contributed by atoms with van der Waals surface area (Å²) in [5.74, 6) is 0.559. The summed E-state index contributed by atoms with van der Waals surface area (Å²) < 4.78 is 13.5. The monoisotopic (exact) mass is 493 g/mol. The smallest absolute Gasteiger partial charge is 0.236 e. The molecule has 0 bridgehead atoms. The molecule has 0 aliphatic carbocycles. The molecule has 2 aliphatic heterocycles. The van der Waals surface area contributed by atoms with E-state index in [0.717, 1.165) is 27.4 Å². The van der Waals surface area contributed by atoms with Gasteiger partial charge in [0.25, 0.3) is 0 Å². The lowest BCUT2D eigenvalue weighted by atomic mass is 9.96. The molecule has 8 nitrogen and oxygen atoms in total. The van der Waals surface area contributed by atoms with Gasteiger partial charge in [-0.2, -0.15) is 0 Å². The molecule has 1 fully saturated rings. The molecular formula is C21H27N5O3S3. The molecule has 0 saturated carbocycles. The number of aromatic nitrogens is 4. The zero-order chi connectivity index (χ0) is 22.4. The van der Waals surface area contributed by atoms with Gasteiger partial charge in [0.05, 0.1) is 36.6 Å². The van der Waals surface area contributed by atoms with E-state index in [0.29, 0.717) is 44.0 Å². The fraction of sp³-hybridized carbons (Fsp3) is 0.619. The molecule has 0 unspecified atom stereocenters. The zero-order valence-electron chi connectivity index (χ0n) is 18.7. The second-order valence-electron chi connectivity index (χ2n) is 8.42. The van der Waals surface area contributed by atoms with Crippen molar-refractivity contribution in [3.63, 3.8) is 0 Å². The molecule has 5 rings (SSSR count). The van der Waals surface area contributed by atoms with Crippen LogP contribution in [0.4, 0.5) is 0 Å². The molecule has 5 heterocycles. The summed E-state index contributed by atoms with van der Waals surface area (Å²) in [5.41, 5.74) is 2.12. The molecule has 2 aliphatic rings. The minimum atomic E-state index is -0.263. The third-order valence-corrected chi connectivity index (χ3v) is 8.80. The zero-order valence-corrected chi connectivity index (χ0v) is 21.1. The summed E-state index contributed by atoms with van der Waals surface area (Å²) in [6, 6.07) is 0. The van der Waals surface area contributed by atoms with E-state index in [1.165, 1.54) is 22.2 Å². The lowest BCUT2D eigenvalue weighted by Gasteiger charge is -2.28. The molecule has 1 amide bonds. The van der Waals surface area contributed by atoms with E-state index >= 15 is 0 Å². The Morgan fingerprint density at radius 3 is 2.69 bits per heavy atom. The number of ether oxygens (including phenoxy) is 2. The Kier molecular flexibility index (Phi) is 6.36. The highest BCUT2D eigenvalue weighted by molar-refractivity contribution is 8.00. The number of thioether (sulfide) groups is 2. The Hall–Kier alpha value is -1.40. The lowest BCUT2D eigenvalue weighted by Crippen LogP contribution is -2.44. The summed E-state index contributed by atoms with van der Waals surface area (Å²) in [4.78, 5) is 22.0. The van der Waals surface area contributed by atoms with Crippen LogP contribution in [0.5, 0.6) is 0 Å². The molecule has 0 N–H and O–H groups in total. The number of morpholine rings is 1. The van der Waals surface area contributed by atoms with Crippen molar-refractivity contribution in [3.05, 3.63) is 10.4 Å². The summed E-state index contributed by atoms with van der Waals surface area (Å²) in [6.45, 7) is 9.43. The van der Waals surface area contributed by atoms with Gasteiger partial charge in [-0.15, -0.1) is 21.5 Å².